The molecular formula is C10H10O5. The van der Waals surface area contributed by atoms with Crippen molar-refractivity contribution in [2.45, 2.75) is 6.92 Å². The summed E-state index contributed by atoms with van der Waals surface area (Å²) in [5, 5.41) is 0. The Morgan fingerprint density at radius 1 is 1.33 bits per heavy atom. The van der Waals surface area contributed by atoms with E-state index in [-0.39, 0.29) is 18.0 Å². The first-order chi connectivity index (χ1) is 7.19. The topological polar surface area (TPSA) is 61.8 Å². The average molecular weight is 210 g/mol. The third-order valence-electron chi connectivity index (χ3n) is 1.58. The third kappa shape index (κ3) is 2.70. The fourth-order valence-corrected chi connectivity index (χ4v) is 1.05. The van der Waals surface area contributed by atoms with Gasteiger partial charge in [-0.1, -0.05) is 6.07 Å². The molecule has 0 saturated heterocycles. The second-order valence-corrected chi connectivity index (χ2v) is 2.60. The Balaban J connectivity index is 3.13. The van der Waals surface area contributed by atoms with Gasteiger partial charge in [-0.25, -0.2) is 0 Å². The standard InChI is InChI=1S/C10H10O5/c1-7(12)15-10-8(13-2)4-3-5-9(10)14-6-11/h3-6H,1-2H3. The number of para-hydroxylation sites is 1. The van der Waals surface area contributed by atoms with Crippen molar-refractivity contribution in [1.82, 2.24) is 0 Å². The van der Waals surface area contributed by atoms with Crippen LogP contribution in [-0.4, -0.2) is 19.6 Å². The zero-order chi connectivity index (χ0) is 11.3. The van der Waals surface area contributed by atoms with E-state index < -0.39 is 5.97 Å². The number of hydrogen-bond acceptors (Lipinski definition) is 5. The Bertz CT molecular complexity index is 372. The lowest BCUT2D eigenvalue weighted by atomic mass is 10.3. The van der Waals surface area contributed by atoms with E-state index in [1.54, 1.807) is 12.1 Å². The van der Waals surface area contributed by atoms with E-state index in [0.29, 0.717) is 5.75 Å². The van der Waals surface area contributed by atoms with Crippen LogP contribution < -0.4 is 14.2 Å². The van der Waals surface area contributed by atoms with Gasteiger partial charge in [0, 0.05) is 6.92 Å². The van der Waals surface area contributed by atoms with Crippen LogP contribution in [0.4, 0.5) is 0 Å². The molecule has 1 aromatic rings. The highest BCUT2D eigenvalue weighted by Gasteiger charge is 2.13. The number of methoxy groups -OCH3 is 1. The molecule has 0 aromatic heterocycles. The van der Waals surface area contributed by atoms with Crippen molar-refractivity contribution in [1.29, 1.82) is 0 Å². The Morgan fingerprint density at radius 2 is 2.00 bits per heavy atom. The molecule has 0 amide bonds. The quantitative estimate of drug-likeness (QED) is 0.424. The van der Waals surface area contributed by atoms with E-state index in [1.165, 1.54) is 20.1 Å². The molecule has 80 valence electrons. The summed E-state index contributed by atoms with van der Waals surface area (Å²) in [4.78, 5) is 21.0. The van der Waals surface area contributed by atoms with Crippen molar-refractivity contribution in [3.63, 3.8) is 0 Å². The Morgan fingerprint density at radius 3 is 2.53 bits per heavy atom. The molecule has 5 heteroatoms. The maximum absolute atomic E-state index is 10.8. The third-order valence-corrected chi connectivity index (χ3v) is 1.58. The van der Waals surface area contributed by atoms with Crippen LogP contribution >= 0.6 is 0 Å². The van der Waals surface area contributed by atoms with Crippen LogP contribution in [-0.2, 0) is 9.59 Å². The summed E-state index contributed by atoms with van der Waals surface area (Å²) in [6.07, 6.45) is 0. The van der Waals surface area contributed by atoms with Gasteiger partial charge in [0.1, 0.15) is 0 Å². The number of esters is 1. The average Bonchev–Trinajstić information content (AvgIpc) is 2.20. The molecule has 0 saturated carbocycles. The molecule has 0 unspecified atom stereocenters. The van der Waals surface area contributed by atoms with Crippen LogP contribution in [0.25, 0.3) is 0 Å². The van der Waals surface area contributed by atoms with Crippen molar-refractivity contribution < 1.29 is 23.8 Å². The minimum atomic E-state index is -0.518. The highest BCUT2D eigenvalue weighted by atomic mass is 16.6. The predicted molar refractivity (Wildman–Crippen MR) is 51.0 cm³/mol. The molecule has 0 N–H and O–H groups in total. The van der Waals surface area contributed by atoms with Gasteiger partial charge < -0.3 is 14.2 Å². The number of hydrogen-bond donors (Lipinski definition) is 0. The van der Waals surface area contributed by atoms with Gasteiger partial charge in [0.2, 0.25) is 5.75 Å². The first kappa shape index (κ1) is 11.0. The molecule has 0 aliphatic rings. The highest BCUT2D eigenvalue weighted by Crippen LogP contribution is 2.36. The van der Waals surface area contributed by atoms with Gasteiger partial charge in [-0.3, -0.25) is 9.59 Å². The molecule has 0 heterocycles. The molecule has 0 fully saturated rings. The molecule has 0 aliphatic carbocycles. The number of benzene rings is 1. The Kier molecular flexibility index (Phi) is 3.68. The van der Waals surface area contributed by atoms with Gasteiger partial charge >= 0.3 is 5.97 Å². The number of carbonyl (C=O) groups excluding carboxylic acids is 2. The fraction of sp³-hybridized carbons (Fsp3) is 0.200. The number of ether oxygens (including phenoxy) is 3. The molecule has 5 nitrogen and oxygen atoms in total. The second-order valence-electron chi connectivity index (χ2n) is 2.60. The summed E-state index contributed by atoms with van der Waals surface area (Å²) in [5.74, 6) is 0.0407. The molecule has 0 spiro atoms. The van der Waals surface area contributed by atoms with Crippen LogP contribution in [0.3, 0.4) is 0 Å². The number of carbonyl (C=O) groups is 2. The van der Waals surface area contributed by atoms with Gasteiger partial charge in [-0.15, -0.1) is 0 Å². The smallest absolute Gasteiger partial charge is 0.308 e. The molecular weight excluding hydrogens is 200 g/mol. The first-order valence-corrected chi connectivity index (χ1v) is 4.14. The van der Waals surface area contributed by atoms with Crippen molar-refractivity contribution in [3.05, 3.63) is 18.2 Å². The highest BCUT2D eigenvalue weighted by molar-refractivity contribution is 5.72. The molecule has 0 atom stereocenters. The SMILES string of the molecule is COc1cccc(OC=O)c1OC(C)=O. The normalized spacial score (nSPS) is 9.20. The van der Waals surface area contributed by atoms with Gasteiger partial charge in [0.05, 0.1) is 7.11 Å². The molecule has 0 bridgehead atoms. The summed E-state index contributed by atoms with van der Waals surface area (Å²) < 4.78 is 14.5. The maximum atomic E-state index is 10.8. The first-order valence-electron chi connectivity index (χ1n) is 4.14. The van der Waals surface area contributed by atoms with Crippen LogP contribution in [0, 0.1) is 0 Å². The van der Waals surface area contributed by atoms with Crippen LogP contribution in [0.2, 0.25) is 0 Å². The summed E-state index contributed by atoms with van der Waals surface area (Å²) >= 11 is 0. The lowest BCUT2D eigenvalue weighted by Gasteiger charge is -2.10. The van der Waals surface area contributed by atoms with Gasteiger partial charge in [0.15, 0.2) is 11.5 Å². The van der Waals surface area contributed by atoms with E-state index in [4.69, 9.17) is 9.47 Å². The van der Waals surface area contributed by atoms with Crippen LogP contribution in [0.1, 0.15) is 6.92 Å². The Labute approximate surface area is 86.6 Å². The zero-order valence-electron chi connectivity index (χ0n) is 8.35. The predicted octanol–water partition coefficient (Wildman–Crippen LogP) is 1.16. The molecule has 1 rings (SSSR count). The van der Waals surface area contributed by atoms with Crippen molar-refractivity contribution >= 4 is 12.4 Å². The maximum Gasteiger partial charge on any atom is 0.308 e. The summed E-state index contributed by atoms with van der Waals surface area (Å²) in [6, 6.07) is 4.70. The molecule has 0 aliphatic heterocycles. The van der Waals surface area contributed by atoms with E-state index in [1.807, 2.05) is 0 Å². The van der Waals surface area contributed by atoms with Crippen molar-refractivity contribution in [3.8, 4) is 17.2 Å². The Hall–Kier alpha value is -2.04. The fourth-order valence-electron chi connectivity index (χ4n) is 1.05. The minimum Gasteiger partial charge on any atom is -0.493 e. The lowest BCUT2D eigenvalue weighted by Crippen LogP contribution is -2.05. The van der Waals surface area contributed by atoms with E-state index in [2.05, 4.69) is 4.74 Å². The van der Waals surface area contributed by atoms with E-state index in [0.717, 1.165) is 0 Å². The second kappa shape index (κ2) is 4.99. The summed E-state index contributed by atoms with van der Waals surface area (Å²) in [7, 11) is 1.42. The van der Waals surface area contributed by atoms with Crippen molar-refractivity contribution in [2.75, 3.05) is 7.11 Å². The number of rotatable bonds is 4. The van der Waals surface area contributed by atoms with E-state index >= 15 is 0 Å². The monoisotopic (exact) mass is 210 g/mol. The lowest BCUT2D eigenvalue weighted by molar-refractivity contribution is -0.132. The molecule has 0 radical (unpaired) electrons. The minimum absolute atomic E-state index is 0.0969. The van der Waals surface area contributed by atoms with Gasteiger partial charge in [0.25, 0.3) is 6.47 Å². The summed E-state index contributed by atoms with van der Waals surface area (Å²) in [6.45, 7) is 1.50. The van der Waals surface area contributed by atoms with Crippen LogP contribution in [0.5, 0.6) is 17.2 Å². The van der Waals surface area contributed by atoms with E-state index in [9.17, 15) is 9.59 Å². The van der Waals surface area contributed by atoms with Gasteiger partial charge in [-0.05, 0) is 12.1 Å². The largest absolute Gasteiger partial charge is 0.493 e. The van der Waals surface area contributed by atoms with Gasteiger partial charge in [-0.2, -0.15) is 0 Å². The molecule has 1 aromatic carbocycles. The van der Waals surface area contributed by atoms with Crippen LogP contribution in [0.15, 0.2) is 18.2 Å². The molecule has 15 heavy (non-hydrogen) atoms. The zero-order valence-corrected chi connectivity index (χ0v) is 8.35. The summed E-state index contributed by atoms with van der Waals surface area (Å²) in [5.41, 5.74) is 0. The van der Waals surface area contributed by atoms with Crippen molar-refractivity contribution in [2.24, 2.45) is 0 Å².